The number of rotatable bonds is 6. The highest BCUT2D eigenvalue weighted by atomic mass is 19.1. The van der Waals surface area contributed by atoms with Gasteiger partial charge in [0.1, 0.15) is 18.2 Å². The summed E-state index contributed by atoms with van der Waals surface area (Å²) in [5, 5.41) is 3.04. The number of benzene rings is 1. The monoisotopic (exact) mass is 495 g/mol. The average molecular weight is 496 g/mol. The average Bonchev–Trinajstić information content (AvgIpc) is 3.32. The zero-order valence-corrected chi connectivity index (χ0v) is 20.4. The summed E-state index contributed by atoms with van der Waals surface area (Å²) in [6.07, 6.45) is 17.1. The third-order valence-electron chi connectivity index (χ3n) is 5.58. The molecular weight excluding hydrogens is 465 g/mol. The highest BCUT2D eigenvalue weighted by molar-refractivity contribution is 5.94. The van der Waals surface area contributed by atoms with Gasteiger partial charge in [0, 0.05) is 25.8 Å². The molecule has 9 nitrogen and oxygen atoms in total. The van der Waals surface area contributed by atoms with Gasteiger partial charge < -0.3 is 19.7 Å². The fourth-order valence-corrected chi connectivity index (χ4v) is 3.72. The smallest absolute Gasteiger partial charge is 0.415 e. The van der Waals surface area contributed by atoms with E-state index in [9.17, 15) is 14.0 Å². The van der Waals surface area contributed by atoms with E-state index in [4.69, 9.17) is 9.47 Å². The number of hydrogen-bond acceptors (Lipinski definition) is 7. The standard InChI is InChI=1S/C22H26FN5O4.2C2H2/c1-14(2)18-13-32-22(30)28(18)19-5-6-24-21(26-19)25-12-15-3-4-16(17(23)11-15)20(29)27-7-9-31-10-8-27;2*1-2/h3-6,11,14,18H,7-10,12-13H2,1-2H3,(H,24,25,26);2*1-2H. The van der Waals surface area contributed by atoms with E-state index in [1.807, 2.05) is 13.8 Å². The minimum atomic E-state index is -0.574. The summed E-state index contributed by atoms with van der Waals surface area (Å²) < 4.78 is 25.0. The Balaban J connectivity index is 0.00000109. The first-order valence-electron chi connectivity index (χ1n) is 11.3. The van der Waals surface area contributed by atoms with Crippen LogP contribution in [0.4, 0.5) is 21.0 Å². The van der Waals surface area contributed by atoms with E-state index in [0.29, 0.717) is 50.2 Å². The van der Waals surface area contributed by atoms with Gasteiger partial charge in [0.05, 0.1) is 24.8 Å². The zero-order valence-electron chi connectivity index (χ0n) is 20.4. The van der Waals surface area contributed by atoms with Gasteiger partial charge in [-0.2, -0.15) is 4.98 Å². The quantitative estimate of drug-likeness (QED) is 0.615. The van der Waals surface area contributed by atoms with Crippen LogP contribution in [0.25, 0.3) is 0 Å². The molecule has 36 heavy (non-hydrogen) atoms. The molecule has 0 aliphatic carbocycles. The number of terminal acetylenes is 2. The lowest BCUT2D eigenvalue weighted by Gasteiger charge is -2.27. The summed E-state index contributed by atoms with van der Waals surface area (Å²) >= 11 is 0. The van der Waals surface area contributed by atoms with Crippen LogP contribution in [0, 0.1) is 37.4 Å². The first kappa shape index (κ1) is 28.1. The number of halogens is 1. The van der Waals surface area contributed by atoms with Crippen LogP contribution in [-0.2, 0) is 16.0 Å². The first-order chi connectivity index (χ1) is 17.4. The Bertz CT molecular complexity index is 1080. The van der Waals surface area contributed by atoms with Gasteiger partial charge in [-0.1, -0.05) is 19.9 Å². The van der Waals surface area contributed by atoms with Crippen LogP contribution in [0.3, 0.4) is 0 Å². The molecule has 0 spiro atoms. The van der Waals surface area contributed by atoms with E-state index in [2.05, 4.69) is 41.0 Å². The van der Waals surface area contributed by atoms with Crippen LogP contribution in [0.15, 0.2) is 30.5 Å². The van der Waals surface area contributed by atoms with E-state index in [0.717, 1.165) is 0 Å². The van der Waals surface area contributed by atoms with E-state index < -0.39 is 11.9 Å². The van der Waals surface area contributed by atoms with Crippen molar-refractivity contribution < 1.29 is 23.5 Å². The van der Waals surface area contributed by atoms with Gasteiger partial charge in [-0.3, -0.25) is 9.69 Å². The van der Waals surface area contributed by atoms with Gasteiger partial charge >= 0.3 is 6.09 Å². The predicted molar refractivity (Wildman–Crippen MR) is 135 cm³/mol. The second-order valence-corrected chi connectivity index (χ2v) is 8.07. The predicted octanol–water partition coefficient (Wildman–Crippen LogP) is 3.18. The molecule has 1 N–H and O–H groups in total. The van der Waals surface area contributed by atoms with Crippen LogP contribution >= 0.6 is 0 Å². The van der Waals surface area contributed by atoms with E-state index in [-0.39, 0.29) is 30.0 Å². The van der Waals surface area contributed by atoms with Crippen LogP contribution in [0.1, 0.15) is 29.8 Å². The fourth-order valence-electron chi connectivity index (χ4n) is 3.72. The van der Waals surface area contributed by atoms with Crippen molar-refractivity contribution in [2.45, 2.75) is 26.4 Å². The summed E-state index contributed by atoms with van der Waals surface area (Å²) in [5.74, 6) is 0.0444. The number of nitrogens with one attached hydrogen (secondary N) is 1. The molecule has 0 saturated carbocycles. The molecule has 2 aliphatic rings. The Morgan fingerprint density at radius 2 is 1.89 bits per heavy atom. The van der Waals surface area contributed by atoms with Crippen molar-refractivity contribution in [3.05, 3.63) is 47.4 Å². The molecule has 2 amide bonds. The Hall–Kier alpha value is -4.15. The summed E-state index contributed by atoms with van der Waals surface area (Å²) in [5.41, 5.74) is 0.678. The molecule has 1 aromatic carbocycles. The number of ether oxygens (including phenoxy) is 2. The van der Waals surface area contributed by atoms with Gasteiger partial charge in [-0.05, 0) is 29.7 Å². The van der Waals surface area contributed by atoms with Crippen LogP contribution < -0.4 is 10.2 Å². The number of morpholine rings is 1. The lowest BCUT2D eigenvalue weighted by Crippen LogP contribution is -2.41. The maximum Gasteiger partial charge on any atom is 0.415 e. The molecule has 1 unspecified atom stereocenters. The summed E-state index contributed by atoms with van der Waals surface area (Å²) in [4.78, 5) is 36.4. The van der Waals surface area contributed by atoms with Crippen molar-refractivity contribution in [3.63, 3.8) is 0 Å². The van der Waals surface area contributed by atoms with Gasteiger partial charge in [-0.25, -0.2) is 14.2 Å². The van der Waals surface area contributed by atoms with E-state index in [1.165, 1.54) is 17.0 Å². The molecular formula is C26H30FN5O4. The number of cyclic esters (lactones) is 1. The topological polar surface area (TPSA) is 96.9 Å². The number of aromatic nitrogens is 2. The lowest BCUT2D eigenvalue weighted by atomic mass is 10.0. The molecule has 190 valence electrons. The highest BCUT2D eigenvalue weighted by Crippen LogP contribution is 2.26. The third-order valence-corrected chi connectivity index (χ3v) is 5.58. The number of carbonyl (C=O) groups is 2. The van der Waals surface area contributed by atoms with Crippen molar-refractivity contribution in [1.29, 1.82) is 0 Å². The van der Waals surface area contributed by atoms with Crippen molar-refractivity contribution >= 4 is 23.8 Å². The number of hydrogen-bond donors (Lipinski definition) is 1. The second kappa shape index (κ2) is 13.7. The molecule has 10 heteroatoms. The van der Waals surface area contributed by atoms with Crippen LogP contribution in [0.5, 0.6) is 0 Å². The third kappa shape index (κ3) is 6.71. The molecule has 1 atom stereocenters. The van der Waals surface area contributed by atoms with Crippen LogP contribution in [-0.4, -0.2) is 65.8 Å². The molecule has 4 rings (SSSR count). The molecule has 0 bridgehead atoms. The first-order valence-corrected chi connectivity index (χ1v) is 11.3. The molecule has 2 saturated heterocycles. The Labute approximate surface area is 211 Å². The Morgan fingerprint density at radius 1 is 1.19 bits per heavy atom. The number of nitrogens with zero attached hydrogens (tertiary/aromatic N) is 4. The largest absolute Gasteiger partial charge is 0.447 e. The fraction of sp³-hybridized carbons (Fsp3) is 0.385. The summed E-state index contributed by atoms with van der Waals surface area (Å²) in [6, 6.07) is 6.07. The maximum absolute atomic E-state index is 14.6. The molecule has 0 radical (unpaired) electrons. The summed E-state index contributed by atoms with van der Waals surface area (Å²) in [7, 11) is 0. The van der Waals surface area contributed by atoms with Crippen molar-refractivity contribution in [1.82, 2.24) is 14.9 Å². The van der Waals surface area contributed by atoms with E-state index in [1.54, 1.807) is 23.2 Å². The van der Waals surface area contributed by atoms with Crippen molar-refractivity contribution in [2.24, 2.45) is 5.92 Å². The molecule has 2 fully saturated rings. The molecule has 2 aromatic rings. The summed E-state index contributed by atoms with van der Waals surface area (Å²) in [6.45, 7) is 6.43. The minimum Gasteiger partial charge on any atom is -0.447 e. The normalized spacial score (nSPS) is 16.8. The van der Waals surface area contributed by atoms with Gasteiger partial charge in [0.2, 0.25) is 5.95 Å². The number of amides is 2. The highest BCUT2D eigenvalue weighted by Gasteiger charge is 2.37. The van der Waals surface area contributed by atoms with Gasteiger partial charge in [-0.15, -0.1) is 25.7 Å². The van der Waals surface area contributed by atoms with Crippen molar-refractivity contribution in [2.75, 3.05) is 43.1 Å². The maximum atomic E-state index is 14.6. The van der Waals surface area contributed by atoms with E-state index >= 15 is 0 Å². The molecule has 3 heterocycles. The molecule has 2 aliphatic heterocycles. The SMILES string of the molecule is C#C.C#C.CC(C)C1COC(=O)N1c1ccnc(NCc2ccc(C(=O)N3CCOCC3)c(F)c2)n1. The van der Waals surface area contributed by atoms with Gasteiger partial charge in [0.15, 0.2) is 0 Å². The Kier molecular flexibility index (Phi) is 10.7. The molecule has 1 aromatic heterocycles. The number of carbonyl (C=O) groups excluding carboxylic acids is 2. The second-order valence-electron chi connectivity index (χ2n) is 8.07. The zero-order chi connectivity index (χ0) is 26.7. The van der Waals surface area contributed by atoms with Gasteiger partial charge in [0.25, 0.3) is 5.91 Å². The minimum absolute atomic E-state index is 0.0428. The van der Waals surface area contributed by atoms with Crippen LogP contribution in [0.2, 0.25) is 0 Å². The number of anilines is 2. The van der Waals surface area contributed by atoms with Crippen molar-refractivity contribution in [3.8, 4) is 25.7 Å². The lowest BCUT2D eigenvalue weighted by molar-refractivity contribution is 0.0300. The Morgan fingerprint density at radius 3 is 2.53 bits per heavy atom.